The number of aromatic amines is 1. The zero-order valence-corrected chi connectivity index (χ0v) is 9.12. The number of nitrogens with zero attached hydrogens (tertiary/aromatic N) is 2. The van der Waals surface area contributed by atoms with Crippen LogP contribution in [0.5, 0.6) is 0 Å². The third kappa shape index (κ3) is 2.15. The van der Waals surface area contributed by atoms with Gasteiger partial charge in [-0.15, -0.1) is 0 Å². The van der Waals surface area contributed by atoms with Crippen LogP contribution in [0.3, 0.4) is 0 Å². The van der Waals surface area contributed by atoms with E-state index in [0.717, 1.165) is 29.0 Å². The molecule has 1 unspecified atom stereocenters. The zero-order chi connectivity index (χ0) is 10.8. The number of imidazole rings is 1. The summed E-state index contributed by atoms with van der Waals surface area (Å²) in [6, 6.07) is 2.06. The van der Waals surface area contributed by atoms with E-state index >= 15 is 0 Å². The van der Waals surface area contributed by atoms with E-state index in [2.05, 4.69) is 27.9 Å². The Balaban J connectivity index is 2.30. The van der Waals surface area contributed by atoms with Crippen molar-refractivity contribution in [2.75, 3.05) is 6.54 Å². The lowest BCUT2D eigenvalue weighted by atomic mass is 10.1. The number of rotatable bonds is 3. The van der Waals surface area contributed by atoms with Crippen LogP contribution in [0.1, 0.15) is 18.3 Å². The van der Waals surface area contributed by atoms with Crippen molar-refractivity contribution >= 4 is 11.2 Å². The predicted molar refractivity (Wildman–Crippen MR) is 60.5 cm³/mol. The molecule has 0 aromatic carbocycles. The molecule has 1 atom stereocenters. The van der Waals surface area contributed by atoms with E-state index in [1.54, 1.807) is 0 Å². The summed E-state index contributed by atoms with van der Waals surface area (Å²) in [5.41, 5.74) is 8.52. The minimum absolute atomic E-state index is 0.451. The normalized spacial score (nSPS) is 13.3. The number of H-pyrrole nitrogens is 1. The van der Waals surface area contributed by atoms with E-state index < -0.39 is 0 Å². The Kier molecular flexibility index (Phi) is 2.68. The van der Waals surface area contributed by atoms with E-state index in [1.165, 1.54) is 0 Å². The van der Waals surface area contributed by atoms with Gasteiger partial charge in [0.1, 0.15) is 5.82 Å². The number of fused-ring (bicyclic) bond motifs is 1. The van der Waals surface area contributed by atoms with Gasteiger partial charge in [0.2, 0.25) is 0 Å². The fourth-order valence-electron chi connectivity index (χ4n) is 1.56. The van der Waals surface area contributed by atoms with Crippen LogP contribution < -0.4 is 5.73 Å². The van der Waals surface area contributed by atoms with Crippen LogP contribution in [-0.2, 0) is 6.42 Å². The molecule has 2 rings (SSSR count). The first kappa shape index (κ1) is 10.1. The fraction of sp³-hybridized carbons (Fsp3) is 0.455. The van der Waals surface area contributed by atoms with Crippen LogP contribution in [-0.4, -0.2) is 21.5 Å². The lowest BCUT2D eigenvalue weighted by Gasteiger charge is -2.03. The molecule has 0 fully saturated rings. The minimum Gasteiger partial charge on any atom is -0.341 e. The fourth-order valence-corrected chi connectivity index (χ4v) is 1.56. The second-order valence-electron chi connectivity index (χ2n) is 4.11. The molecule has 0 saturated heterocycles. The van der Waals surface area contributed by atoms with Crippen molar-refractivity contribution in [3.05, 3.63) is 23.7 Å². The van der Waals surface area contributed by atoms with Crippen LogP contribution in [0.25, 0.3) is 11.2 Å². The van der Waals surface area contributed by atoms with Crippen LogP contribution in [0.4, 0.5) is 0 Å². The Hall–Kier alpha value is -1.42. The summed E-state index contributed by atoms with van der Waals surface area (Å²) in [6.07, 6.45) is 2.71. The van der Waals surface area contributed by atoms with Crippen molar-refractivity contribution in [3.8, 4) is 0 Å². The molecule has 15 heavy (non-hydrogen) atoms. The Morgan fingerprint density at radius 3 is 3.07 bits per heavy atom. The molecule has 2 aromatic rings. The lowest BCUT2D eigenvalue weighted by molar-refractivity contribution is 0.578. The second-order valence-corrected chi connectivity index (χ2v) is 4.11. The highest BCUT2D eigenvalue weighted by Gasteiger charge is 2.07. The summed E-state index contributed by atoms with van der Waals surface area (Å²) in [6.45, 7) is 4.82. The van der Waals surface area contributed by atoms with Gasteiger partial charge < -0.3 is 10.7 Å². The van der Waals surface area contributed by atoms with Gasteiger partial charge in [-0.25, -0.2) is 9.97 Å². The molecule has 2 heterocycles. The first-order valence-corrected chi connectivity index (χ1v) is 5.20. The molecule has 80 valence electrons. The maximum absolute atomic E-state index is 5.58. The van der Waals surface area contributed by atoms with E-state index in [-0.39, 0.29) is 0 Å². The molecule has 0 amide bonds. The van der Waals surface area contributed by atoms with Gasteiger partial charge in [-0.05, 0) is 31.0 Å². The van der Waals surface area contributed by atoms with Crippen molar-refractivity contribution in [1.82, 2.24) is 15.0 Å². The first-order chi connectivity index (χ1) is 7.19. The Bertz CT molecular complexity index is 461. The topological polar surface area (TPSA) is 67.6 Å². The van der Waals surface area contributed by atoms with Crippen molar-refractivity contribution in [2.24, 2.45) is 11.7 Å². The number of aromatic nitrogens is 3. The van der Waals surface area contributed by atoms with Crippen molar-refractivity contribution in [3.63, 3.8) is 0 Å². The molecule has 3 N–H and O–H groups in total. The molecule has 0 radical (unpaired) electrons. The number of pyridine rings is 1. The second kappa shape index (κ2) is 3.98. The van der Waals surface area contributed by atoms with Gasteiger partial charge in [-0.1, -0.05) is 6.92 Å². The smallest absolute Gasteiger partial charge is 0.177 e. The van der Waals surface area contributed by atoms with Gasteiger partial charge in [0, 0.05) is 12.6 Å². The van der Waals surface area contributed by atoms with E-state index in [9.17, 15) is 0 Å². The Morgan fingerprint density at radius 2 is 2.33 bits per heavy atom. The maximum atomic E-state index is 5.58. The molecular formula is C11H16N4. The molecule has 0 saturated carbocycles. The highest BCUT2D eigenvalue weighted by Crippen LogP contribution is 2.12. The number of nitrogens with two attached hydrogens (primary N) is 1. The maximum Gasteiger partial charge on any atom is 0.177 e. The van der Waals surface area contributed by atoms with Crippen LogP contribution >= 0.6 is 0 Å². The number of hydrogen-bond acceptors (Lipinski definition) is 3. The van der Waals surface area contributed by atoms with Crippen molar-refractivity contribution in [1.29, 1.82) is 0 Å². The molecule has 0 aliphatic carbocycles. The van der Waals surface area contributed by atoms with Gasteiger partial charge in [0.25, 0.3) is 0 Å². The molecule has 0 aliphatic heterocycles. The average molecular weight is 204 g/mol. The molecule has 0 bridgehead atoms. The Labute approximate surface area is 88.9 Å². The number of aryl methyl sites for hydroxylation is 1. The molecular weight excluding hydrogens is 188 g/mol. The molecule has 2 aromatic heterocycles. The highest BCUT2D eigenvalue weighted by atomic mass is 15.0. The van der Waals surface area contributed by atoms with E-state index in [0.29, 0.717) is 12.5 Å². The first-order valence-electron chi connectivity index (χ1n) is 5.20. The van der Waals surface area contributed by atoms with E-state index in [1.807, 2.05) is 13.1 Å². The lowest BCUT2D eigenvalue weighted by Crippen LogP contribution is -2.13. The summed E-state index contributed by atoms with van der Waals surface area (Å²) < 4.78 is 0. The van der Waals surface area contributed by atoms with Crippen molar-refractivity contribution in [2.45, 2.75) is 20.3 Å². The quantitative estimate of drug-likeness (QED) is 0.794. The summed E-state index contributed by atoms with van der Waals surface area (Å²) >= 11 is 0. The predicted octanol–water partition coefficient (Wildman–Crippen LogP) is 1.40. The number of nitrogens with one attached hydrogen (secondary N) is 1. The standard InChI is InChI=1S/C11H16N4/c1-7(5-12)4-10-14-9-3-8(2)6-13-11(9)15-10/h3,6-7H,4-5,12H2,1-2H3,(H,13,14,15). The highest BCUT2D eigenvalue weighted by molar-refractivity contribution is 5.70. The SMILES string of the molecule is Cc1cnc2nc(CC(C)CN)[nH]c2c1. The van der Waals surface area contributed by atoms with Gasteiger partial charge in [-0.3, -0.25) is 0 Å². The van der Waals surface area contributed by atoms with Crippen molar-refractivity contribution < 1.29 is 0 Å². The van der Waals surface area contributed by atoms with Gasteiger partial charge in [0.15, 0.2) is 5.65 Å². The van der Waals surface area contributed by atoms with Crippen LogP contribution in [0.2, 0.25) is 0 Å². The Morgan fingerprint density at radius 1 is 1.53 bits per heavy atom. The molecule has 0 spiro atoms. The summed E-state index contributed by atoms with van der Waals surface area (Å²) in [4.78, 5) is 12.0. The van der Waals surface area contributed by atoms with Gasteiger partial charge in [-0.2, -0.15) is 0 Å². The molecule has 4 heteroatoms. The largest absolute Gasteiger partial charge is 0.341 e. The monoisotopic (exact) mass is 204 g/mol. The zero-order valence-electron chi connectivity index (χ0n) is 9.12. The molecule has 4 nitrogen and oxygen atoms in total. The number of hydrogen-bond donors (Lipinski definition) is 2. The molecule has 0 aliphatic rings. The third-order valence-corrected chi connectivity index (χ3v) is 2.47. The summed E-state index contributed by atoms with van der Waals surface area (Å²) in [7, 11) is 0. The third-order valence-electron chi connectivity index (χ3n) is 2.47. The van der Waals surface area contributed by atoms with Crippen LogP contribution in [0.15, 0.2) is 12.3 Å². The summed E-state index contributed by atoms with van der Waals surface area (Å²) in [5.74, 6) is 1.42. The van der Waals surface area contributed by atoms with Crippen LogP contribution in [0, 0.1) is 12.8 Å². The average Bonchev–Trinajstić information content (AvgIpc) is 2.59. The summed E-state index contributed by atoms with van der Waals surface area (Å²) in [5, 5.41) is 0. The van der Waals surface area contributed by atoms with Gasteiger partial charge in [0.05, 0.1) is 5.52 Å². The van der Waals surface area contributed by atoms with Gasteiger partial charge >= 0.3 is 0 Å². The van der Waals surface area contributed by atoms with E-state index in [4.69, 9.17) is 5.73 Å². The minimum atomic E-state index is 0.451.